The molecule has 224 valence electrons. The smallest absolute Gasteiger partial charge is 0.253 e. The molecule has 4 aromatic rings. The molecule has 1 saturated carbocycles. The van der Waals surface area contributed by atoms with Crippen molar-refractivity contribution in [3.8, 4) is 22.4 Å². The van der Waals surface area contributed by atoms with Gasteiger partial charge in [0.2, 0.25) is 0 Å². The number of aliphatic hydroxyl groups is 1. The van der Waals surface area contributed by atoms with Gasteiger partial charge in [0.05, 0.1) is 18.0 Å². The number of ketones is 1. The number of hydrogen-bond acceptors (Lipinski definition) is 6. The maximum absolute atomic E-state index is 12.7. The van der Waals surface area contributed by atoms with Crippen molar-refractivity contribution < 1.29 is 14.7 Å². The molecular weight excluding hydrogens is 538 g/mol. The second-order valence-corrected chi connectivity index (χ2v) is 12.7. The molecule has 0 bridgehead atoms. The Labute approximate surface area is 253 Å². The Balaban J connectivity index is 1.21. The van der Waals surface area contributed by atoms with E-state index in [2.05, 4.69) is 28.9 Å². The van der Waals surface area contributed by atoms with Crippen LogP contribution >= 0.6 is 0 Å². The maximum atomic E-state index is 12.7. The molecule has 8 heteroatoms. The van der Waals surface area contributed by atoms with Crippen LogP contribution in [0.1, 0.15) is 64.7 Å². The first-order valence-electron chi connectivity index (χ1n) is 15.4. The zero-order valence-electron chi connectivity index (χ0n) is 25.6. The zero-order valence-corrected chi connectivity index (χ0v) is 25.6. The molecule has 2 atom stereocenters. The fraction of sp³-hybridized carbons (Fsp3) is 0.429. The van der Waals surface area contributed by atoms with Crippen LogP contribution in [-0.2, 0) is 17.8 Å². The van der Waals surface area contributed by atoms with Crippen LogP contribution in [0.3, 0.4) is 0 Å². The van der Waals surface area contributed by atoms with Gasteiger partial charge in [0.1, 0.15) is 11.3 Å². The lowest BCUT2D eigenvalue weighted by Crippen LogP contribution is -2.33. The number of fused-ring (bicyclic) bond motifs is 2. The number of hydrogen-bond donors (Lipinski definition) is 2. The maximum Gasteiger partial charge on any atom is 0.253 e. The van der Waals surface area contributed by atoms with Gasteiger partial charge >= 0.3 is 0 Å². The van der Waals surface area contributed by atoms with Gasteiger partial charge in [0.25, 0.3) is 5.91 Å². The first-order valence-corrected chi connectivity index (χ1v) is 15.4. The van der Waals surface area contributed by atoms with E-state index in [1.165, 1.54) is 16.7 Å². The highest BCUT2D eigenvalue weighted by atomic mass is 16.3. The molecule has 1 aliphatic heterocycles. The molecule has 1 aliphatic carbocycles. The summed E-state index contributed by atoms with van der Waals surface area (Å²) < 4.78 is 0. The summed E-state index contributed by atoms with van der Waals surface area (Å²) in [6, 6.07) is 10.3. The third kappa shape index (κ3) is 6.12. The van der Waals surface area contributed by atoms with E-state index in [0.717, 1.165) is 84.4 Å². The quantitative estimate of drug-likeness (QED) is 0.287. The summed E-state index contributed by atoms with van der Waals surface area (Å²) in [6.07, 6.45) is 8.25. The second-order valence-electron chi connectivity index (χ2n) is 12.7. The molecule has 2 aromatic carbocycles. The fourth-order valence-electron chi connectivity index (χ4n) is 6.82. The molecule has 2 N–H and O–H groups in total. The minimum Gasteiger partial charge on any atom is -0.393 e. The van der Waals surface area contributed by atoms with Gasteiger partial charge in [-0.1, -0.05) is 12.1 Å². The van der Waals surface area contributed by atoms with Crippen molar-refractivity contribution in [2.45, 2.75) is 65.0 Å². The monoisotopic (exact) mass is 579 g/mol. The number of nitrogens with one attached hydrogen (secondary N) is 1. The van der Waals surface area contributed by atoms with Crippen LogP contribution in [0.25, 0.3) is 33.5 Å². The van der Waals surface area contributed by atoms with Crippen LogP contribution in [0.4, 0.5) is 0 Å². The predicted octanol–water partition coefficient (Wildman–Crippen LogP) is 5.48. The van der Waals surface area contributed by atoms with E-state index in [9.17, 15) is 14.7 Å². The summed E-state index contributed by atoms with van der Waals surface area (Å²) in [7, 11) is 3.53. The van der Waals surface area contributed by atoms with Crippen LogP contribution in [0.2, 0.25) is 0 Å². The largest absolute Gasteiger partial charge is 0.393 e. The number of aliphatic hydroxyl groups excluding tert-OH is 1. The molecule has 8 nitrogen and oxygen atoms in total. The third-order valence-electron chi connectivity index (χ3n) is 9.22. The van der Waals surface area contributed by atoms with Crippen LogP contribution in [0.5, 0.6) is 0 Å². The number of aromatic nitrogens is 3. The van der Waals surface area contributed by atoms with Crippen molar-refractivity contribution in [1.29, 1.82) is 0 Å². The molecule has 0 saturated heterocycles. The number of carbonyl (C=O) groups is 2. The minimum absolute atomic E-state index is 0.0113. The average Bonchev–Trinajstić information content (AvgIpc) is 3.60. The highest BCUT2D eigenvalue weighted by Gasteiger charge is 2.26. The molecule has 1 amide bonds. The normalized spacial score (nSPS) is 18.6. The minimum atomic E-state index is -0.223. The Morgan fingerprint density at radius 1 is 1.09 bits per heavy atom. The van der Waals surface area contributed by atoms with E-state index in [1.54, 1.807) is 19.0 Å². The van der Waals surface area contributed by atoms with Crippen LogP contribution in [0, 0.1) is 19.8 Å². The Bertz CT molecular complexity index is 1690. The van der Waals surface area contributed by atoms with Gasteiger partial charge in [-0.15, -0.1) is 0 Å². The summed E-state index contributed by atoms with van der Waals surface area (Å²) in [4.78, 5) is 42.2. The van der Waals surface area contributed by atoms with E-state index in [0.29, 0.717) is 30.1 Å². The Hall–Kier alpha value is -3.88. The van der Waals surface area contributed by atoms with Gasteiger partial charge in [0.15, 0.2) is 5.65 Å². The van der Waals surface area contributed by atoms with Gasteiger partial charge in [-0.2, -0.15) is 0 Å². The summed E-state index contributed by atoms with van der Waals surface area (Å²) >= 11 is 0. The number of rotatable bonds is 8. The third-order valence-corrected chi connectivity index (χ3v) is 9.22. The van der Waals surface area contributed by atoms with Crippen LogP contribution < -0.4 is 0 Å². The van der Waals surface area contributed by atoms with Crippen molar-refractivity contribution in [3.05, 3.63) is 70.5 Å². The number of carbonyl (C=O) groups excluding carboxylic acids is 2. The number of H-pyrrole nitrogens is 1. The van der Waals surface area contributed by atoms with E-state index < -0.39 is 0 Å². The van der Waals surface area contributed by atoms with Gasteiger partial charge in [-0.3, -0.25) is 14.5 Å². The average molecular weight is 580 g/mol. The molecule has 6 rings (SSSR count). The molecule has 0 unspecified atom stereocenters. The van der Waals surface area contributed by atoms with Crippen molar-refractivity contribution in [2.24, 2.45) is 5.92 Å². The highest BCUT2D eigenvalue weighted by molar-refractivity contribution is 5.97. The summed E-state index contributed by atoms with van der Waals surface area (Å²) in [5.41, 5.74) is 10.9. The molecule has 3 heterocycles. The molecule has 2 aliphatic rings. The molecule has 43 heavy (non-hydrogen) atoms. The lowest BCUT2D eigenvalue weighted by atomic mass is 9.91. The van der Waals surface area contributed by atoms with Crippen molar-refractivity contribution in [3.63, 3.8) is 0 Å². The second kappa shape index (κ2) is 12.0. The van der Waals surface area contributed by atoms with Crippen LogP contribution in [0.15, 0.2) is 42.7 Å². The SMILES string of the molecule is Cc1cc(-c2c[nH]c3ncc(-c4cc(C)c5c(c4)CN(CCC(=O)C[C@H]4CC[C@H](O)C4)CC5)nc23)ccc1C(=O)N(C)C. The molecule has 1 fully saturated rings. The first kappa shape index (κ1) is 29.2. The van der Waals surface area contributed by atoms with Crippen molar-refractivity contribution in [2.75, 3.05) is 27.2 Å². The standard InChI is InChI=1S/C35H41N5O3/c1-21-14-25(17-26-20-40(12-10-29(21)26)11-9-28(42)16-23-5-7-27(41)15-23)32-19-37-34-33(38-32)31(18-36-34)24-6-8-30(22(2)13-24)35(43)39(3)4/h6,8,13-14,17-19,23,27,41H,5,7,9-12,15-16,20H2,1-4H3,(H,36,37)/t23-,27-/m0/s1. The van der Waals surface area contributed by atoms with E-state index in [1.807, 2.05) is 37.5 Å². The fourth-order valence-corrected chi connectivity index (χ4v) is 6.82. The van der Waals surface area contributed by atoms with Gasteiger partial charge in [-0.05, 0) is 91.5 Å². The van der Waals surface area contributed by atoms with E-state index >= 15 is 0 Å². The summed E-state index contributed by atoms with van der Waals surface area (Å²) in [6.45, 7) is 6.68. The lowest BCUT2D eigenvalue weighted by Gasteiger charge is -2.30. The molecule has 0 radical (unpaired) electrons. The number of Topliss-reactive ketones (excluding diaryl/α,β-unsaturated/α-hetero) is 1. The first-order chi connectivity index (χ1) is 20.7. The van der Waals surface area contributed by atoms with Gasteiger partial charge < -0.3 is 15.0 Å². The number of amides is 1. The van der Waals surface area contributed by atoms with E-state index in [-0.39, 0.29) is 12.0 Å². The van der Waals surface area contributed by atoms with Gasteiger partial charge in [-0.25, -0.2) is 9.97 Å². The lowest BCUT2D eigenvalue weighted by molar-refractivity contribution is -0.120. The molecular formula is C35H41N5O3. The number of aromatic amines is 1. The van der Waals surface area contributed by atoms with Crippen LogP contribution in [-0.4, -0.2) is 74.8 Å². The Morgan fingerprint density at radius 3 is 2.65 bits per heavy atom. The number of benzene rings is 2. The predicted molar refractivity (Wildman–Crippen MR) is 169 cm³/mol. The number of aryl methyl sites for hydroxylation is 2. The molecule has 2 aromatic heterocycles. The molecule has 0 spiro atoms. The zero-order chi connectivity index (χ0) is 30.2. The Morgan fingerprint density at radius 2 is 1.91 bits per heavy atom. The van der Waals surface area contributed by atoms with Gasteiger partial charge in [0, 0.05) is 69.5 Å². The summed E-state index contributed by atoms with van der Waals surface area (Å²) in [5.74, 6) is 0.655. The van der Waals surface area contributed by atoms with E-state index in [4.69, 9.17) is 9.97 Å². The highest BCUT2D eigenvalue weighted by Crippen LogP contribution is 2.33. The van der Waals surface area contributed by atoms with Crippen molar-refractivity contribution >= 4 is 22.9 Å². The van der Waals surface area contributed by atoms with Crippen molar-refractivity contribution in [1.82, 2.24) is 24.8 Å². The topological polar surface area (TPSA) is 102 Å². The summed E-state index contributed by atoms with van der Waals surface area (Å²) in [5, 5.41) is 9.78. The number of nitrogens with zero attached hydrogens (tertiary/aromatic N) is 4. The Kier molecular flexibility index (Phi) is 8.16.